The molecule has 11 heteroatoms. The number of Topliss-reactive ketones (excluding diaryl/α,β-unsaturated/α-hetero) is 2. The van der Waals surface area contributed by atoms with Gasteiger partial charge in [-0.25, -0.2) is 0 Å². The van der Waals surface area contributed by atoms with Crippen molar-refractivity contribution in [1.29, 1.82) is 0 Å². The van der Waals surface area contributed by atoms with Crippen molar-refractivity contribution < 1.29 is 24.3 Å². The number of fused-ring (bicyclic) bond motifs is 2. The molecule has 6 heterocycles. The molecule has 0 spiro atoms. The number of nitrogens with zero attached hydrogens (tertiary/aromatic N) is 4. The molecule has 1 aromatic carbocycles. The molecule has 53 heavy (non-hydrogen) atoms. The van der Waals surface area contributed by atoms with Crippen LogP contribution in [0, 0.1) is 23.7 Å². The zero-order valence-corrected chi connectivity index (χ0v) is 31.6. The lowest BCUT2D eigenvalue weighted by Gasteiger charge is -2.30. The minimum Gasteiger partial charge on any atom is -0.389 e. The van der Waals surface area contributed by atoms with Crippen molar-refractivity contribution in [3.63, 3.8) is 0 Å². The molecule has 2 aromatic heterocycles. The summed E-state index contributed by atoms with van der Waals surface area (Å²) in [6.45, 7) is 10.3. The van der Waals surface area contributed by atoms with Crippen LogP contribution in [0.2, 0.25) is 0 Å². The number of likely N-dealkylation sites (tertiary alicyclic amines) is 2. The normalized spacial score (nSPS) is 21.5. The Morgan fingerprint density at radius 2 is 1.21 bits per heavy atom. The smallest absolute Gasteiger partial charge is 0.226 e. The summed E-state index contributed by atoms with van der Waals surface area (Å²) in [5.41, 5.74) is 8.24. The highest BCUT2D eigenvalue weighted by molar-refractivity contribution is 6.07. The molecule has 3 N–H and O–H groups in total. The fourth-order valence-corrected chi connectivity index (χ4v) is 8.76. The van der Waals surface area contributed by atoms with Crippen LogP contribution in [-0.2, 0) is 19.2 Å². The number of aromatic nitrogens is 2. The van der Waals surface area contributed by atoms with Crippen molar-refractivity contribution in [3.05, 3.63) is 48.1 Å². The summed E-state index contributed by atoms with van der Waals surface area (Å²) < 4.78 is 0. The number of aromatic amines is 2. The van der Waals surface area contributed by atoms with Gasteiger partial charge in [-0.1, -0.05) is 27.7 Å². The van der Waals surface area contributed by atoms with Crippen LogP contribution in [0.1, 0.15) is 97.4 Å². The van der Waals surface area contributed by atoms with Gasteiger partial charge in [-0.3, -0.25) is 24.4 Å². The first-order valence-electron chi connectivity index (χ1n) is 19.3. The monoisotopic (exact) mass is 720 g/mol. The first-order chi connectivity index (χ1) is 25.4. The van der Waals surface area contributed by atoms with Crippen molar-refractivity contribution in [1.82, 2.24) is 19.8 Å². The van der Waals surface area contributed by atoms with Gasteiger partial charge in [0.15, 0.2) is 5.78 Å². The number of benzene rings is 1. The maximum atomic E-state index is 13.6. The van der Waals surface area contributed by atoms with E-state index in [4.69, 9.17) is 9.98 Å². The van der Waals surface area contributed by atoms with Crippen LogP contribution in [0.5, 0.6) is 0 Å². The largest absolute Gasteiger partial charge is 0.389 e. The number of rotatable bonds is 13. The Hall–Kier alpha value is -4.64. The Balaban J connectivity index is 1.01. The number of ketones is 2. The molecule has 4 unspecified atom stereocenters. The Kier molecular flexibility index (Phi) is 10.4. The van der Waals surface area contributed by atoms with E-state index in [1.807, 2.05) is 49.9 Å². The third-order valence-electron chi connectivity index (χ3n) is 11.8. The molecule has 4 aliphatic rings. The number of hydrogen-bond donors (Lipinski definition) is 3. The second-order valence-corrected chi connectivity index (χ2v) is 16.2. The number of hydrogen-bond acceptors (Lipinski definition) is 7. The standard InChI is InChI=1S/C42H52N6O5/c1-23(2)31(12-25(5)50)41(52)47-10-6-8-39(47)37-16-28(20-43-37)33-14-26-13-27-15-34(46-36(27)19-35(26)45-33)29-17-38(44-21-29)40-9-7-11-48(40)42(53)32(24(3)4)18-30(51)22-49/h13-15,19-21,23-24,31-32,39-40,45-46,49H,6-12,16-18,22H2,1-5H3. The summed E-state index contributed by atoms with van der Waals surface area (Å²) in [6.07, 6.45) is 9.10. The molecule has 0 radical (unpaired) electrons. The fraction of sp³-hybridized carbons (Fsp3) is 0.524. The molecule has 0 saturated carbocycles. The van der Waals surface area contributed by atoms with Crippen LogP contribution in [0.25, 0.3) is 33.0 Å². The fourth-order valence-electron chi connectivity index (χ4n) is 8.76. The second-order valence-electron chi connectivity index (χ2n) is 16.2. The average molecular weight is 721 g/mol. The Bertz CT molecular complexity index is 2030. The quantitative estimate of drug-likeness (QED) is 0.185. The van der Waals surface area contributed by atoms with Crippen molar-refractivity contribution in [2.24, 2.45) is 33.7 Å². The topological polar surface area (TPSA) is 151 Å². The van der Waals surface area contributed by atoms with Gasteiger partial charge < -0.3 is 29.7 Å². The number of aliphatic imine (C=N–C) groups is 2. The predicted octanol–water partition coefficient (Wildman–Crippen LogP) is 6.48. The number of carbonyl (C=O) groups excluding carboxylic acids is 4. The lowest BCUT2D eigenvalue weighted by molar-refractivity contribution is -0.140. The summed E-state index contributed by atoms with van der Waals surface area (Å²) in [5, 5.41) is 11.5. The van der Waals surface area contributed by atoms with Crippen LogP contribution in [0.4, 0.5) is 0 Å². The molecule has 11 nitrogen and oxygen atoms in total. The molecule has 280 valence electrons. The molecule has 2 amide bonds. The van der Waals surface area contributed by atoms with Gasteiger partial charge in [0.2, 0.25) is 11.8 Å². The molecule has 0 bridgehead atoms. The molecule has 2 fully saturated rings. The van der Waals surface area contributed by atoms with Crippen molar-refractivity contribution in [2.45, 2.75) is 98.1 Å². The van der Waals surface area contributed by atoms with Gasteiger partial charge in [0.25, 0.3) is 0 Å². The SMILES string of the molecule is CC(=O)CC(C(=O)N1CCCC1C1=NC=C(c2cc3cc4cc(C5=CN=C(C6CCCN6C(=O)C(CC(=O)CO)C(C)C)C5)[nH]c4cc3[nH]2)C1)C(C)C. The Labute approximate surface area is 310 Å². The molecule has 3 aromatic rings. The number of H-pyrrole nitrogens is 2. The first-order valence-corrected chi connectivity index (χ1v) is 19.3. The minimum atomic E-state index is -0.539. The molecule has 7 rings (SSSR count). The van der Waals surface area contributed by atoms with Crippen LogP contribution in [0.15, 0.2) is 46.7 Å². The van der Waals surface area contributed by atoms with Gasteiger partial charge in [0.1, 0.15) is 12.4 Å². The van der Waals surface area contributed by atoms with Crippen LogP contribution >= 0.6 is 0 Å². The van der Waals surface area contributed by atoms with Crippen molar-refractivity contribution in [3.8, 4) is 0 Å². The van der Waals surface area contributed by atoms with E-state index in [1.165, 1.54) is 0 Å². The van der Waals surface area contributed by atoms with Crippen LogP contribution in [0.3, 0.4) is 0 Å². The highest BCUT2D eigenvalue weighted by atomic mass is 16.3. The summed E-state index contributed by atoms with van der Waals surface area (Å²) in [6, 6.07) is 8.55. The molecule has 4 atom stereocenters. The number of amides is 2. The van der Waals surface area contributed by atoms with Gasteiger partial charge in [-0.2, -0.15) is 0 Å². The van der Waals surface area contributed by atoms with E-state index in [1.54, 1.807) is 6.92 Å². The van der Waals surface area contributed by atoms with Crippen molar-refractivity contribution >= 4 is 67.8 Å². The Morgan fingerprint density at radius 3 is 1.64 bits per heavy atom. The molecule has 0 aliphatic carbocycles. The number of aliphatic hydroxyl groups excluding tert-OH is 1. The lowest BCUT2D eigenvalue weighted by atomic mass is 9.89. The van der Waals surface area contributed by atoms with Gasteiger partial charge in [0, 0.05) is 108 Å². The summed E-state index contributed by atoms with van der Waals surface area (Å²) >= 11 is 0. The summed E-state index contributed by atoms with van der Waals surface area (Å²) in [7, 11) is 0. The minimum absolute atomic E-state index is 0.00441. The van der Waals surface area contributed by atoms with Gasteiger partial charge >= 0.3 is 0 Å². The van der Waals surface area contributed by atoms with Gasteiger partial charge in [0.05, 0.1) is 12.1 Å². The van der Waals surface area contributed by atoms with Crippen LogP contribution in [-0.4, -0.2) is 91.5 Å². The lowest BCUT2D eigenvalue weighted by Crippen LogP contribution is -2.45. The van der Waals surface area contributed by atoms with E-state index in [0.717, 1.165) is 81.4 Å². The van der Waals surface area contributed by atoms with Gasteiger partial charge in [-0.05, 0) is 79.9 Å². The number of nitrogens with one attached hydrogen (secondary N) is 2. The molecular weight excluding hydrogens is 668 g/mol. The number of allylic oxidation sites excluding steroid dienone is 2. The first kappa shape index (κ1) is 36.7. The zero-order valence-electron chi connectivity index (χ0n) is 31.6. The maximum Gasteiger partial charge on any atom is 0.226 e. The third-order valence-corrected chi connectivity index (χ3v) is 11.8. The van der Waals surface area contributed by atoms with E-state index < -0.39 is 12.5 Å². The van der Waals surface area contributed by atoms with E-state index >= 15 is 0 Å². The number of aliphatic hydroxyl groups is 1. The van der Waals surface area contributed by atoms with Crippen LogP contribution < -0.4 is 0 Å². The summed E-state index contributed by atoms with van der Waals surface area (Å²) in [5.74, 6) is -0.847. The maximum absolute atomic E-state index is 13.6. The van der Waals surface area contributed by atoms with E-state index in [9.17, 15) is 24.3 Å². The highest BCUT2D eigenvalue weighted by Gasteiger charge is 2.40. The second kappa shape index (κ2) is 15.0. The molecule has 2 saturated heterocycles. The van der Waals surface area contributed by atoms with Crippen molar-refractivity contribution in [2.75, 3.05) is 19.7 Å². The zero-order chi connectivity index (χ0) is 37.6. The Morgan fingerprint density at radius 1 is 0.736 bits per heavy atom. The number of carbonyl (C=O) groups is 4. The van der Waals surface area contributed by atoms with E-state index in [-0.39, 0.29) is 66.1 Å². The van der Waals surface area contributed by atoms with E-state index in [2.05, 4.69) is 34.2 Å². The van der Waals surface area contributed by atoms with Gasteiger partial charge in [-0.15, -0.1) is 0 Å². The third kappa shape index (κ3) is 7.32. The average Bonchev–Trinajstić information content (AvgIpc) is 3.96. The predicted molar refractivity (Wildman–Crippen MR) is 208 cm³/mol. The van der Waals surface area contributed by atoms with E-state index in [0.29, 0.717) is 25.9 Å². The summed E-state index contributed by atoms with van der Waals surface area (Å²) in [4.78, 5) is 72.0. The molecular formula is C42H52N6O5. The highest BCUT2D eigenvalue weighted by Crippen LogP contribution is 2.36. The molecule has 4 aliphatic heterocycles.